The highest BCUT2D eigenvalue weighted by Crippen LogP contribution is 2.41. The van der Waals surface area contributed by atoms with Crippen molar-refractivity contribution in [3.8, 4) is 11.5 Å². The number of fused-ring (bicyclic) bond motifs is 1. The van der Waals surface area contributed by atoms with Crippen LogP contribution in [0.25, 0.3) is 0 Å². The second-order valence-corrected chi connectivity index (χ2v) is 8.77. The van der Waals surface area contributed by atoms with Gasteiger partial charge in [-0.2, -0.15) is 0 Å². The zero-order valence-electron chi connectivity index (χ0n) is 18.3. The summed E-state index contributed by atoms with van der Waals surface area (Å²) in [6, 6.07) is 20.2. The number of aliphatic carboxylic acids is 1. The van der Waals surface area contributed by atoms with Crippen molar-refractivity contribution in [1.82, 2.24) is 0 Å². The number of halogens is 1. The number of methoxy groups -OCH3 is 1. The van der Waals surface area contributed by atoms with E-state index in [1.165, 1.54) is 7.11 Å². The maximum atomic E-state index is 13.1. The van der Waals surface area contributed by atoms with E-state index in [0.29, 0.717) is 48.0 Å². The molecule has 1 N–H and O–H groups in total. The number of Topliss-reactive ketones (excluding diaryl/α,β-unsaturated/α-hetero) is 1. The third-order valence-electron chi connectivity index (χ3n) is 6.20. The Kier molecular flexibility index (Phi) is 6.70. The van der Waals surface area contributed by atoms with Gasteiger partial charge in [-0.05, 0) is 53.8 Å². The first-order valence-electron chi connectivity index (χ1n) is 10.8. The molecule has 0 amide bonds. The smallest absolute Gasteiger partial charge is 0.310 e. The van der Waals surface area contributed by atoms with Crippen molar-refractivity contribution in [3.05, 3.63) is 94.0 Å². The van der Waals surface area contributed by atoms with Crippen LogP contribution in [0.3, 0.4) is 0 Å². The van der Waals surface area contributed by atoms with Crippen LogP contribution in [-0.4, -0.2) is 30.6 Å². The van der Waals surface area contributed by atoms with Gasteiger partial charge >= 0.3 is 5.97 Å². The van der Waals surface area contributed by atoms with Crippen LogP contribution in [0.2, 0.25) is 5.02 Å². The van der Waals surface area contributed by atoms with E-state index in [-0.39, 0.29) is 12.2 Å². The first kappa shape index (κ1) is 22.9. The van der Waals surface area contributed by atoms with Crippen molar-refractivity contribution >= 4 is 23.4 Å². The molecule has 3 aromatic carbocycles. The highest BCUT2D eigenvalue weighted by atomic mass is 35.5. The summed E-state index contributed by atoms with van der Waals surface area (Å²) in [4.78, 5) is 25.3. The van der Waals surface area contributed by atoms with Gasteiger partial charge in [0.2, 0.25) is 0 Å². The predicted octanol–water partition coefficient (Wildman–Crippen LogP) is 5.41. The SMILES string of the molecule is COc1cc(C(=O)CC2(C(=O)O)Cc3ccccc3C2)ccc1OCCc1ccccc1Cl. The molecule has 0 bridgehead atoms. The van der Waals surface area contributed by atoms with Gasteiger partial charge in [0.15, 0.2) is 17.3 Å². The minimum absolute atomic E-state index is 0.0765. The van der Waals surface area contributed by atoms with Crippen molar-refractivity contribution in [2.75, 3.05) is 13.7 Å². The quantitative estimate of drug-likeness (QED) is 0.428. The van der Waals surface area contributed by atoms with Crippen molar-refractivity contribution in [2.45, 2.75) is 25.7 Å². The zero-order valence-corrected chi connectivity index (χ0v) is 19.1. The van der Waals surface area contributed by atoms with Gasteiger partial charge in [0.1, 0.15) is 0 Å². The minimum Gasteiger partial charge on any atom is -0.493 e. The van der Waals surface area contributed by atoms with Crippen LogP contribution in [0.4, 0.5) is 0 Å². The fraction of sp³-hybridized carbons (Fsp3) is 0.259. The van der Waals surface area contributed by atoms with Crippen molar-refractivity contribution < 1.29 is 24.2 Å². The Balaban J connectivity index is 1.46. The van der Waals surface area contributed by atoms with E-state index in [1.54, 1.807) is 18.2 Å². The molecule has 0 atom stereocenters. The second kappa shape index (κ2) is 9.67. The second-order valence-electron chi connectivity index (χ2n) is 8.36. The molecule has 0 aliphatic heterocycles. The van der Waals surface area contributed by atoms with Crippen LogP contribution >= 0.6 is 11.6 Å². The largest absolute Gasteiger partial charge is 0.493 e. The topological polar surface area (TPSA) is 72.8 Å². The minimum atomic E-state index is -1.13. The Morgan fingerprint density at radius 3 is 2.27 bits per heavy atom. The number of carboxylic acid groups (broad SMARTS) is 1. The molecule has 1 aliphatic rings. The van der Waals surface area contributed by atoms with Crippen LogP contribution in [0, 0.1) is 5.41 Å². The summed E-state index contributed by atoms with van der Waals surface area (Å²) in [5.74, 6) is -0.230. The molecule has 0 saturated carbocycles. The molecule has 0 aromatic heterocycles. The maximum absolute atomic E-state index is 13.1. The van der Waals surface area contributed by atoms with Crippen molar-refractivity contribution in [1.29, 1.82) is 0 Å². The average Bonchev–Trinajstić information content (AvgIpc) is 3.20. The fourth-order valence-corrected chi connectivity index (χ4v) is 4.62. The lowest BCUT2D eigenvalue weighted by Gasteiger charge is -2.23. The lowest BCUT2D eigenvalue weighted by Crippen LogP contribution is -2.34. The number of benzene rings is 3. The lowest BCUT2D eigenvalue weighted by atomic mass is 9.79. The Bertz CT molecular complexity index is 1160. The Morgan fingerprint density at radius 1 is 0.970 bits per heavy atom. The van der Waals surface area contributed by atoms with Crippen LogP contribution in [0.15, 0.2) is 66.7 Å². The van der Waals surface area contributed by atoms with E-state index in [0.717, 1.165) is 16.7 Å². The van der Waals surface area contributed by atoms with Crippen LogP contribution < -0.4 is 9.47 Å². The molecule has 0 radical (unpaired) electrons. The summed E-state index contributed by atoms with van der Waals surface area (Å²) in [5.41, 5.74) is 2.25. The molecule has 1 aliphatic carbocycles. The van der Waals surface area contributed by atoms with Crippen LogP contribution in [-0.2, 0) is 24.1 Å². The van der Waals surface area contributed by atoms with Gasteiger partial charge in [0.25, 0.3) is 0 Å². The van der Waals surface area contributed by atoms with Gasteiger partial charge in [0, 0.05) is 23.4 Å². The number of ether oxygens (including phenoxy) is 2. The molecule has 4 rings (SSSR count). The molecule has 0 fully saturated rings. The van der Waals surface area contributed by atoms with Gasteiger partial charge in [-0.15, -0.1) is 0 Å². The number of hydrogen-bond acceptors (Lipinski definition) is 4. The maximum Gasteiger partial charge on any atom is 0.310 e. The van der Waals surface area contributed by atoms with Crippen LogP contribution in [0.5, 0.6) is 11.5 Å². The third kappa shape index (κ3) is 4.88. The molecular formula is C27H25ClO5. The standard InChI is InChI=1S/C27H25ClO5/c1-32-25-14-19(10-11-24(25)33-13-12-18-6-4-5-9-22(18)28)23(29)17-27(26(30)31)15-20-7-2-3-8-21(20)16-27/h2-11,14H,12-13,15-17H2,1H3,(H,30,31). The van der Waals surface area contributed by atoms with E-state index in [2.05, 4.69) is 0 Å². The summed E-state index contributed by atoms with van der Waals surface area (Å²) in [5, 5.41) is 10.7. The van der Waals surface area contributed by atoms with Gasteiger partial charge in [-0.25, -0.2) is 0 Å². The number of carboxylic acids is 1. The predicted molar refractivity (Wildman–Crippen MR) is 127 cm³/mol. The van der Waals surface area contributed by atoms with E-state index in [1.807, 2.05) is 48.5 Å². The zero-order chi connectivity index (χ0) is 23.4. The number of carbonyl (C=O) groups is 2. The average molecular weight is 465 g/mol. The number of carbonyl (C=O) groups excluding carboxylic acids is 1. The lowest BCUT2D eigenvalue weighted by molar-refractivity contribution is -0.148. The van der Waals surface area contributed by atoms with Crippen LogP contribution in [0.1, 0.15) is 33.5 Å². The van der Waals surface area contributed by atoms with E-state index >= 15 is 0 Å². The molecule has 3 aromatic rings. The van der Waals surface area contributed by atoms with Gasteiger partial charge in [-0.3, -0.25) is 9.59 Å². The molecule has 0 spiro atoms. The first-order chi connectivity index (χ1) is 15.9. The van der Waals surface area contributed by atoms with Gasteiger partial charge in [0.05, 0.1) is 19.1 Å². The highest BCUT2D eigenvalue weighted by molar-refractivity contribution is 6.31. The summed E-state index contributed by atoms with van der Waals surface area (Å²) < 4.78 is 11.3. The van der Waals surface area contributed by atoms with E-state index < -0.39 is 11.4 Å². The molecular weight excluding hydrogens is 440 g/mol. The molecule has 170 valence electrons. The summed E-state index contributed by atoms with van der Waals surface area (Å²) in [6.07, 6.45) is 1.26. The number of hydrogen-bond donors (Lipinski definition) is 1. The molecule has 33 heavy (non-hydrogen) atoms. The van der Waals surface area contributed by atoms with E-state index in [4.69, 9.17) is 21.1 Å². The molecule has 0 unspecified atom stereocenters. The Hall–Kier alpha value is -3.31. The van der Waals surface area contributed by atoms with Gasteiger partial charge in [-0.1, -0.05) is 54.1 Å². The molecule has 5 nitrogen and oxygen atoms in total. The van der Waals surface area contributed by atoms with Gasteiger partial charge < -0.3 is 14.6 Å². The van der Waals surface area contributed by atoms with Crippen molar-refractivity contribution in [3.63, 3.8) is 0 Å². The first-order valence-corrected chi connectivity index (χ1v) is 11.2. The highest BCUT2D eigenvalue weighted by Gasteiger charge is 2.45. The summed E-state index contributed by atoms with van der Waals surface area (Å²) >= 11 is 6.19. The molecule has 0 heterocycles. The molecule has 0 saturated heterocycles. The molecule has 6 heteroatoms. The Labute approximate surface area is 197 Å². The van der Waals surface area contributed by atoms with E-state index in [9.17, 15) is 14.7 Å². The fourth-order valence-electron chi connectivity index (χ4n) is 4.39. The summed E-state index contributed by atoms with van der Waals surface area (Å²) in [6.45, 7) is 0.397. The van der Waals surface area contributed by atoms with Crippen molar-refractivity contribution in [2.24, 2.45) is 5.41 Å². The third-order valence-corrected chi connectivity index (χ3v) is 6.57. The summed E-state index contributed by atoms with van der Waals surface area (Å²) in [7, 11) is 1.51. The monoisotopic (exact) mass is 464 g/mol. The normalized spacial score (nSPS) is 13.9. The Morgan fingerprint density at radius 2 is 1.64 bits per heavy atom. The number of ketones is 1. The number of rotatable bonds is 9.